The summed E-state index contributed by atoms with van der Waals surface area (Å²) in [5, 5.41) is 0.562. The lowest BCUT2D eigenvalue weighted by atomic mass is 10.2. The maximum atomic E-state index is 12.3. The van der Waals surface area contributed by atoms with Crippen molar-refractivity contribution < 1.29 is 8.42 Å². The molecule has 5 nitrogen and oxygen atoms in total. The van der Waals surface area contributed by atoms with Crippen molar-refractivity contribution in [2.75, 3.05) is 10.5 Å². The molecule has 2 aromatic rings. The third-order valence-corrected chi connectivity index (χ3v) is 5.73. The number of hydrogen-bond donors (Lipinski definition) is 2. The van der Waals surface area contributed by atoms with Crippen LogP contribution in [0.15, 0.2) is 22.4 Å². The summed E-state index contributed by atoms with van der Waals surface area (Å²) in [5.74, 6) is 0. The Balaban J connectivity index is 2.45. The zero-order chi connectivity index (χ0) is 14.2. The van der Waals surface area contributed by atoms with Crippen LogP contribution in [0.25, 0.3) is 0 Å². The van der Waals surface area contributed by atoms with Crippen LogP contribution in [0.3, 0.4) is 0 Å². The summed E-state index contributed by atoms with van der Waals surface area (Å²) < 4.78 is 27.2. The first-order chi connectivity index (χ1) is 8.81. The van der Waals surface area contributed by atoms with Gasteiger partial charge in [-0.1, -0.05) is 35.1 Å². The highest BCUT2D eigenvalue weighted by molar-refractivity contribution is 7.94. The number of nitrogens with two attached hydrogens (primary N) is 1. The van der Waals surface area contributed by atoms with E-state index in [4.69, 9.17) is 17.3 Å². The molecule has 0 bridgehead atoms. The first-order valence-corrected chi connectivity index (χ1v) is 8.00. The van der Waals surface area contributed by atoms with Crippen LogP contribution in [-0.2, 0) is 10.0 Å². The Morgan fingerprint density at radius 2 is 2.05 bits per heavy atom. The van der Waals surface area contributed by atoms with Gasteiger partial charge in [0, 0.05) is 0 Å². The number of halogens is 1. The van der Waals surface area contributed by atoms with Crippen LogP contribution in [0.4, 0.5) is 10.8 Å². The number of para-hydroxylation sites is 1. The molecule has 1 heterocycles. The zero-order valence-corrected chi connectivity index (χ0v) is 12.7. The summed E-state index contributed by atoms with van der Waals surface area (Å²) in [7, 11) is -3.73. The van der Waals surface area contributed by atoms with Crippen LogP contribution in [0.5, 0.6) is 0 Å². The molecule has 0 saturated carbocycles. The van der Waals surface area contributed by atoms with Gasteiger partial charge in [-0.2, -0.15) is 0 Å². The van der Waals surface area contributed by atoms with Gasteiger partial charge in [0.2, 0.25) is 0 Å². The molecule has 1 aromatic heterocycles. The highest BCUT2D eigenvalue weighted by Crippen LogP contribution is 2.31. The average molecular weight is 318 g/mol. The molecule has 0 aliphatic rings. The minimum absolute atomic E-state index is 0.101. The molecule has 0 aliphatic heterocycles. The third kappa shape index (κ3) is 2.83. The molecule has 0 fully saturated rings. The minimum Gasteiger partial charge on any atom is -0.375 e. The maximum Gasteiger partial charge on any atom is 0.273 e. The second-order valence-electron chi connectivity index (χ2n) is 3.96. The Morgan fingerprint density at radius 3 is 2.58 bits per heavy atom. The predicted molar refractivity (Wildman–Crippen MR) is 78.3 cm³/mol. The molecule has 1 aromatic carbocycles. The Morgan fingerprint density at radius 1 is 1.37 bits per heavy atom. The van der Waals surface area contributed by atoms with E-state index in [-0.39, 0.29) is 9.34 Å². The number of rotatable bonds is 3. The zero-order valence-electron chi connectivity index (χ0n) is 10.3. The maximum absolute atomic E-state index is 12.3. The van der Waals surface area contributed by atoms with Gasteiger partial charge in [0.15, 0.2) is 9.34 Å². The molecule has 0 atom stereocenters. The molecule has 0 saturated heterocycles. The van der Waals surface area contributed by atoms with Crippen molar-refractivity contribution in [3.63, 3.8) is 0 Å². The van der Waals surface area contributed by atoms with Crippen LogP contribution in [0, 0.1) is 13.8 Å². The molecular formula is C11H12ClN3O2S2. The highest BCUT2D eigenvalue weighted by Gasteiger charge is 2.22. The second kappa shape index (κ2) is 4.99. The highest BCUT2D eigenvalue weighted by atomic mass is 35.5. The van der Waals surface area contributed by atoms with E-state index in [9.17, 15) is 8.42 Å². The number of thiazole rings is 1. The number of sulfonamides is 1. The van der Waals surface area contributed by atoms with Gasteiger partial charge in [-0.05, 0) is 25.5 Å². The van der Waals surface area contributed by atoms with E-state index in [2.05, 4.69) is 9.71 Å². The molecule has 8 heteroatoms. The fraction of sp³-hybridized carbons (Fsp3) is 0.182. The number of hydrogen-bond acceptors (Lipinski definition) is 5. The lowest BCUT2D eigenvalue weighted by molar-refractivity contribution is 0.602. The summed E-state index contributed by atoms with van der Waals surface area (Å²) in [5.41, 5.74) is 7.01. The van der Waals surface area contributed by atoms with Crippen LogP contribution in [0.1, 0.15) is 11.3 Å². The van der Waals surface area contributed by atoms with Gasteiger partial charge in [-0.25, -0.2) is 13.4 Å². The largest absolute Gasteiger partial charge is 0.375 e. The van der Waals surface area contributed by atoms with Crippen molar-refractivity contribution in [1.29, 1.82) is 0 Å². The van der Waals surface area contributed by atoms with Gasteiger partial charge in [0.25, 0.3) is 10.0 Å². The molecule has 19 heavy (non-hydrogen) atoms. The first kappa shape index (κ1) is 14.1. The molecule has 3 N–H and O–H groups in total. The predicted octanol–water partition coefficient (Wildman–Crippen LogP) is 2.80. The third-order valence-electron chi connectivity index (χ3n) is 2.47. The number of nitrogens with zero attached hydrogens (tertiary/aromatic N) is 1. The van der Waals surface area contributed by atoms with Crippen molar-refractivity contribution in [3.05, 3.63) is 34.5 Å². The van der Waals surface area contributed by atoms with E-state index >= 15 is 0 Å². The van der Waals surface area contributed by atoms with Gasteiger partial charge in [0.05, 0.1) is 16.4 Å². The van der Waals surface area contributed by atoms with Crippen LogP contribution in [0.2, 0.25) is 5.02 Å². The lowest BCUT2D eigenvalue weighted by Crippen LogP contribution is -2.13. The monoisotopic (exact) mass is 317 g/mol. The standard InChI is InChI=1S/C11H12ClN3O2S2/c1-6-4-3-5-8(12)9(6)15-19(16,17)10-7(2)14-11(13)18-10/h3-5,15H,1-2H3,(H2,13,14). The summed E-state index contributed by atoms with van der Waals surface area (Å²) in [6, 6.07) is 5.16. The Kier molecular flexibility index (Phi) is 3.71. The number of aryl methyl sites for hydroxylation is 2. The fourth-order valence-corrected chi connectivity index (χ4v) is 4.37. The SMILES string of the molecule is Cc1cccc(Cl)c1NS(=O)(=O)c1sc(N)nc1C. The van der Waals surface area contributed by atoms with Crippen molar-refractivity contribution in [2.45, 2.75) is 18.1 Å². The number of aromatic nitrogens is 1. The Bertz CT molecular complexity index is 705. The summed E-state index contributed by atoms with van der Waals surface area (Å²) in [6.45, 7) is 3.37. The molecular weight excluding hydrogens is 306 g/mol. The van der Waals surface area contributed by atoms with Crippen molar-refractivity contribution >= 4 is 43.8 Å². The van der Waals surface area contributed by atoms with Gasteiger partial charge in [-0.3, -0.25) is 4.72 Å². The van der Waals surface area contributed by atoms with Crippen molar-refractivity contribution in [1.82, 2.24) is 4.98 Å². The molecule has 0 amide bonds. The van der Waals surface area contributed by atoms with Gasteiger partial charge < -0.3 is 5.73 Å². The van der Waals surface area contributed by atoms with Gasteiger partial charge in [0.1, 0.15) is 0 Å². The average Bonchev–Trinajstić information content (AvgIpc) is 2.64. The van der Waals surface area contributed by atoms with E-state index in [1.807, 2.05) is 0 Å². The Labute approximate surface area is 120 Å². The van der Waals surface area contributed by atoms with Crippen molar-refractivity contribution in [2.24, 2.45) is 0 Å². The van der Waals surface area contributed by atoms with E-state index < -0.39 is 10.0 Å². The minimum atomic E-state index is -3.73. The van der Waals surface area contributed by atoms with E-state index in [0.29, 0.717) is 16.4 Å². The van der Waals surface area contributed by atoms with E-state index in [1.165, 1.54) is 0 Å². The fourth-order valence-electron chi connectivity index (χ4n) is 1.59. The second-order valence-corrected chi connectivity index (χ2v) is 7.28. The van der Waals surface area contributed by atoms with Gasteiger partial charge >= 0.3 is 0 Å². The van der Waals surface area contributed by atoms with Crippen LogP contribution < -0.4 is 10.5 Å². The van der Waals surface area contributed by atoms with Gasteiger partial charge in [-0.15, -0.1) is 0 Å². The normalized spacial score (nSPS) is 11.5. The van der Waals surface area contributed by atoms with E-state index in [0.717, 1.165) is 16.9 Å². The van der Waals surface area contributed by atoms with Crippen LogP contribution >= 0.6 is 22.9 Å². The van der Waals surface area contributed by atoms with E-state index in [1.54, 1.807) is 32.0 Å². The topological polar surface area (TPSA) is 85.1 Å². The Hall–Kier alpha value is -1.31. The molecule has 0 radical (unpaired) electrons. The molecule has 0 aliphatic carbocycles. The number of nitrogens with one attached hydrogen (secondary N) is 1. The summed E-state index contributed by atoms with van der Waals surface area (Å²) in [4.78, 5) is 3.91. The molecule has 102 valence electrons. The van der Waals surface area contributed by atoms with Crippen molar-refractivity contribution in [3.8, 4) is 0 Å². The quantitative estimate of drug-likeness (QED) is 0.911. The number of nitrogen functional groups attached to an aromatic ring is 1. The molecule has 2 rings (SSSR count). The smallest absolute Gasteiger partial charge is 0.273 e. The first-order valence-electron chi connectivity index (χ1n) is 5.32. The van der Waals surface area contributed by atoms with Crippen LogP contribution in [-0.4, -0.2) is 13.4 Å². The number of anilines is 2. The summed E-state index contributed by atoms with van der Waals surface area (Å²) in [6.07, 6.45) is 0. The molecule has 0 unspecified atom stereocenters. The summed E-state index contributed by atoms with van der Waals surface area (Å²) >= 11 is 6.93. The lowest BCUT2D eigenvalue weighted by Gasteiger charge is -2.11. The molecule has 0 spiro atoms. The number of benzene rings is 1.